The summed E-state index contributed by atoms with van der Waals surface area (Å²) in [6.45, 7) is 4.35. The van der Waals surface area contributed by atoms with E-state index in [0.717, 1.165) is 43.6 Å². The molecule has 118 valence electrons. The summed E-state index contributed by atoms with van der Waals surface area (Å²) < 4.78 is 0. The van der Waals surface area contributed by atoms with Crippen molar-refractivity contribution in [2.75, 3.05) is 20.1 Å². The monoisotopic (exact) mass is 298 g/mol. The molecule has 0 spiro atoms. The van der Waals surface area contributed by atoms with Crippen molar-refractivity contribution in [1.29, 1.82) is 5.26 Å². The highest BCUT2D eigenvalue weighted by Gasteiger charge is 2.40. The normalized spacial score (nSPS) is 32.8. The molecule has 4 nitrogen and oxygen atoms in total. The lowest BCUT2D eigenvalue weighted by atomic mass is 9.71. The van der Waals surface area contributed by atoms with E-state index in [1.165, 1.54) is 13.0 Å². The van der Waals surface area contributed by atoms with Crippen LogP contribution in [0.15, 0.2) is 18.2 Å². The zero-order valence-corrected chi connectivity index (χ0v) is 13.7. The zero-order valence-electron chi connectivity index (χ0n) is 13.7. The van der Waals surface area contributed by atoms with Crippen molar-refractivity contribution in [2.45, 2.75) is 56.5 Å². The van der Waals surface area contributed by atoms with Gasteiger partial charge in [0.05, 0.1) is 17.2 Å². The minimum Gasteiger partial charge on any atom is -0.316 e. The van der Waals surface area contributed by atoms with Crippen molar-refractivity contribution in [3.8, 4) is 6.07 Å². The molecule has 1 aliphatic carbocycles. The molecular weight excluding hydrogens is 272 g/mol. The highest BCUT2D eigenvalue weighted by Crippen LogP contribution is 2.40. The van der Waals surface area contributed by atoms with Gasteiger partial charge in [0, 0.05) is 30.9 Å². The molecule has 0 bridgehead atoms. The van der Waals surface area contributed by atoms with Crippen molar-refractivity contribution in [3.05, 3.63) is 29.6 Å². The number of hydrogen-bond acceptors (Lipinski definition) is 4. The fourth-order valence-corrected chi connectivity index (χ4v) is 4.05. The number of aromatic nitrogens is 1. The van der Waals surface area contributed by atoms with Gasteiger partial charge in [-0.25, -0.2) is 0 Å². The summed E-state index contributed by atoms with van der Waals surface area (Å²) in [7, 11) is 2.05. The Morgan fingerprint density at radius 3 is 2.68 bits per heavy atom. The molecule has 1 aromatic rings. The van der Waals surface area contributed by atoms with Crippen molar-refractivity contribution in [1.82, 2.24) is 15.2 Å². The Hall–Kier alpha value is -1.44. The summed E-state index contributed by atoms with van der Waals surface area (Å²) in [5.74, 6) is 0. The maximum absolute atomic E-state index is 9.80. The summed E-state index contributed by atoms with van der Waals surface area (Å²) in [6.07, 6.45) is 5.34. The minimum atomic E-state index is -0.370. The van der Waals surface area contributed by atoms with E-state index in [4.69, 9.17) is 0 Å². The second-order valence-electron chi connectivity index (χ2n) is 6.86. The molecule has 1 N–H and O–H groups in total. The highest BCUT2D eigenvalue weighted by molar-refractivity contribution is 5.28. The first-order valence-corrected chi connectivity index (χ1v) is 8.43. The van der Waals surface area contributed by atoms with Crippen molar-refractivity contribution in [3.63, 3.8) is 0 Å². The van der Waals surface area contributed by atoms with Crippen LogP contribution >= 0.6 is 0 Å². The van der Waals surface area contributed by atoms with Crippen LogP contribution in [0.3, 0.4) is 0 Å². The number of rotatable bonds is 3. The van der Waals surface area contributed by atoms with Gasteiger partial charge in [0.1, 0.15) is 0 Å². The van der Waals surface area contributed by atoms with E-state index in [1.807, 2.05) is 25.1 Å². The van der Waals surface area contributed by atoms with Gasteiger partial charge in [0.25, 0.3) is 0 Å². The van der Waals surface area contributed by atoms with Crippen molar-refractivity contribution in [2.24, 2.45) is 0 Å². The van der Waals surface area contributed by atoms with Gasteiger partial charge in [-0.2, -0.15) is 5.26 Å². The molecule has 2 heterocycles. The molecule has 1 saturated carbocycles. The Bertz CT molecular complexity index is 554. The van der Waals surface area contributed by atoms with Gasteiger partial charge in [0.15, 0.2) is 0 Å². The topological polar surface area (TPSA) is 52.0 Å². The number of likely N-dealkylation sites (N-methyl/N-ethyl adjacent to an activating group) is 1. The molecule has 1 atom stereocenters. The zero-order chi connectivity index (χ0) is 15.6. The van der Waals surface area contributed by atoms with Crippen molar-refractivity contribution < 1.29 is 0 Å². The van der Waals surface area contributed by atoms with Crippen LogP contribution in [0, 0.1) is 18.3 Å². The quantitative estimate of drug-likeness (QED) is 0.931. The predicted molar refractivity (Wildman–Crippen MR) is 87.6 cm³/mol. The van der Waals surface area contributed by atoms with E-state index in [0.29, 0.717) is 12.1 Å². The van der Waals surface area contributed by atoms with Crippen LogP contribution in [0.2, 0.25) is 0 Å². The Morgan fingerprint density at radius 1 is 1.32 bits per heavy atom. The van der Waals surface area contributed by atoms with Gasteiger partial charge < -0.3 is 5.32 Å². The molecule has 1 aliphatic heterocycles. The number of pyridine rings is 1. The second-order valence-corrected chi connectivity index (χ2v) is 6.86. The Morgan fingerprint density at radius 2 is 2.09 bits per heavy atom. The molecule has 0 amide bonds. The van der Waals surface area contributed by atoms with Crippen LogP contribution in [0.25, 0.3) is 0 Å². The number of nitrogens with zero attached hydrogens (tertiary/aromatic N) is 3. The summed E-state index contributed by atoms with van der Waals surface area (Å²) in [5, 5.41) is 13.2. The molecular formula is C18H26N4. The highest BCUT2D eigenvalue weighted by atomic mass is 15.2. The fraction of sp³-hybridized carbons (Fsp3) is 0.667. The van der Waals surface area contributed by atoms with Crippen LogP contribution in [0.5, 0.6) is 0 Å². The Kier molecular flexibility index (Phi) is 4.46. The molecule has 4 heteroatoms. The van der Waals surface area contributed by atoms with Crippen LogP contribution in [0.1, 0.15) is 43.5 Å². The first-order valence-electron chi connectivity index (χ1n) is 8.43. The van der Waals surface area contributed by atoms with E-state index in [-0.39, 0.29) is 5.41 Å². The largest absolute Gasteiger partial charge is 0.316 e. The summed E-state index contributed by atoms with van der Waals surface area (Å²) in [6, 6.07) is 9.94. The standard InChI is InChI=1S/C18H26N4/c1-14-4-3-5-17(21-14)18(13-19)9-6-16(7-10-18)22-11-8-15(12-22)20-2/h3-5,15-16,20H,6-12H2,1-2H3. The average molecular weight is 298 g/mol. The maximum atomic E-state index is 9.80. The van der Waals surface area contributed by atoms with Gasteiger partial charge in [-0.3, -0.25) is 9.88 Å². The lowest BCUT2D eigenvalue weighted by Gasteiger charge is -2.38. The molecule has 0 aromatic carbocycles. The van der Waals surface area contributed by atoms with E-state index < -0.39 is 0 Å². The molecule has 1 unspecified atom stereocenters. The van der Waals surface area contributed by atoms with E-state index >= 15 is 0 Å². The van der Waals surface area contributed by atoms with E-state index in [1.54, 1.807) is 0 Å². The minimum absolute atomic E-state index is 0.370. The van der Waals surface area contributed by atoms with E-state index in [2.05, 4.69) is 28.3 Å². The predicted octanol–water partition coefficient (Wildman–Crippen LogP) is 2.39. The third kappa shape index (κ3) is 2.88. The molecule has 3 rings (SSSR count). The van der Waals surface area contributed by atoms with Gasteiger partial charge in [-0.1, -0.05) is 6.07 Å². The first kappa shape index (κ1) is 15.5. The van der Waals surface area contributed by atoms with Crippen LogP contribution in [-0.4, -0.2) is 42.1 Å². The van der Waals surface area contributed by atoms with Crippen LogP contribution in [-0.2, 0) is 5.41 Å². The Labute approximate surface area is 133 Å². The average Bonchev–Trinajstić information content (AvgIpc) is 3.04. The van der Waals surface area contributed by atoms with Crippen LogP contribution < -0.4 is 5.32 Å². The Balaban J connectivity index is 1.68. The number of aryl methyl sites for hydroxylation is 1. The molecule has 0 radical (unpaired) electrons. The molecule has 22 heavy (non-hydrogen) atoms. The number of hydrogen-bond donors (Lipinski definition) is 1. The van der Waals surface area contributed by atoms with Gasteiger partial charge in [0.2, 0.25) is 0 Å². The summed E-state index contributed by atoms with van der Waals surface area (Å²) in [4.78, 5) is 7.26. The van der Waals surface area contributed by atoms with E-state index in [9.17, 15) is 5.26 Å². The fourth-order valence-electron chi connectivity index (χ4n) is 4.05. The third-order valence-electron chi connectivity index (χ3n) is 5.55. The number of likely N-dealkylation sites (tertiary alicyclic amines) is 1. The summed E-state index contributed by atoms with van der Waals surface area (Å²) in [5.41, 5.74) is 1.61. The molecule has 1 aromatic heterocycles. The van der Waals surface area contributed by atoms with Gasteiger partial charge in [-0.05, 0) is 58.2 Å². The summed E-state index contributed by atoms with van der Waals surface area (Å²) >= 11 is 0. The smallest absolute Gasteiger partial charge is 0.0994 e. The molecule has 1 saturated heterocycles. The van der Waals surface area contributed by atoms with Gasteiger partial charge in [-0.15, -0.1) is 0 Å². The second kappa shape index (κ2) is 6.36. The molecule has 2 fully saturated rings. The lowest BCUT2D eigenvalue weighted by molar-refractivity contribution is 0.161. The lowest BCUT2D eigenvalue weighted by Crippen LogP contribution is -2.42. The van der Waals surface area contributed by atoms with Crippen molar-refractivity contribution >= 4 is 0 Å². The maximum Gasteiger partial charge on any atom is 0.0994 e. The number of nitriles is 1. The third-order valence-corrected chi connectivity index (χ3v) is 5.55. The molecule has 2 aliphatic rings. The van der Waals surface area contributed by atoms with Crippen LogP contribution in [0.4, 0.5) is 0 Å². The number of nitrogens with one attached hydrogen (secondary N) is 1. The van der Waals surface area contributed by atoms with Gasteiger partial charge >= 0.3 is 0 Å². The first-order chi connectivity index (χ1) is 10.7. The SMILES string of the molecule is CNC1CCN(C2CCC(C#N)(c3cccc(C)n3)CC2)C1.